The van der Waals surface area contributed by atoms with Gasteiger partial charge in [-0.25, -0.2) is 4.98 Å². The second-order valence-electron chi connectivity index (χ2n) is 6.16. The Hall–Kier alpha value is -2.23. The molecule has 5 rings (SSSR count). The third kappa shape index (κ3) is 3.50. The third-order valence-corrected chi connectivity index (χ3v) is 6.26. The highest BCUT2D eigenvalue weighted by atomic mass is 35.5. The fraction of sp³-hybridized carbons (Fsp3) is 0.235. The zero-order chi connectivity index (χ0) is 18.4. The van der Waals surface area contributed by atoms with Crippen LogP contribution in [0.15, 0.2) is 44.8 Å². The second kappa shape index (κ2) is 6.74. The second-order valence-corrected chi connectivity index (χ2v) is 8.51. The van der Waals surface area contributed by atoms with E-state index in [2.05, 4.69) is 20.3 Å². The first-order valence-corrected chi connectivity index (χ1v) is 10.5. The number of thioether (sulfide) groups is 1. The number of nitrogens with zero attached hydrogens (tertiary/aromatic N) is 5. The Kier molecular flexibility index (Phi) is 4.22. The predicted octanol–water partition coefficient (Wildman–Crippen LogP) is 4.02. The zero-order valence-corrected chi connectivity index (χ0v) is 16.2. The van der Waals surface area contributed by atoms with E-state index in [-0.39, 0.29) is 5.56 Å². The maximum Gasteiger partial charge on any atom is 0.277 e. The summed E-state index contributed by atoms with van der Waals surface area (Å²) in [6.45, 7) is 0. The van der Waals surface area contributed by atoms with Crippen molar-refractivity contribution in [3.63, 3.8) is 0 Å². The largest absolute Gasteiger partial charge is 0.411 e. The molecule has 3 heterocycles. The van der Waals surface area contributed by atoms with E-state index in [1.165, 1.54) is 33.7 Å². The summed E-state index contributed by atoms with van der Waals surface area (Å²) in [6.07, 6.45) is 2.29. The quantitative estimate of drug-likeness (QED) is 0.453. The van der Waals surface area contributed by atoms with Gasteiger partial charge in [0.1, 0.15) is 5.01 Å². The van der Waals surface area contributed by atoms with Crippen LogP contribution in [0.2, 0.25) is 5.02 Å². The van der Waals surface area contributed by atoms with E-state index in [0.29, 0.717) is 38.5 Å². The molecule has 1 fully saturated rings. The van der Waals surface area contributed by atoms with Crippen molar-refractivity contribution in [3.05, 3.63) is 56.4 Å². The van der Waals surface area contributed by atoms with E-state index < -0.39 is 0 Å². The van der Waals surface area contributed by atoms with Crippen LogP contribution in [-0.4, -0.2) is 24.8 Å². The van der Waals surface area contributed by atoms with Crippen LogP contribution in [0.1, 0.15) is 29.5 Å². The standard InChI is InChI=1S/C17H12ClN5O2S2/c18-11-5-3-9(4-6-11)14-20-21-17(25-14)26-8-12-7-13(24)23-16(19-12)27-15(22-23)10-1-2-10/h3-7,10H,1-2,8H2. The van der Waals surface area contributed by atoms with Gasteiger partial charge >= 0.3 is 0 Å². The number of aromatic nitrogens is 5. The van der Waals surface area contributed by atoms with Gasteiger partial charge in [0.05, 0.1) is 5.69 Å². The Balaban J connectivity index is 1.34. The van der Waals surface area contributed by atoms with Gasteiger partial charge in [-0.15, -0.1) is 10.2 Å². The molecule has 0 aliphatic heterocycles. The molecule has 0 saturated heterocycles. The summed E-state index contributed by atoms with van der Waals surface area (Å²) in [7, 11) is 0. The normalized spacial score (nSPS) is 14.1. The Bertz CT molecular complexity index is 1180. The lowest BCUT2D eigenvalue weighted by molar-refractivity contribution is 0.466. The molecule has 0 radical (unpaired) electrons. The molecule has 1 saturated carbocycles. The Morgan fingerprint density at radius 3 is 2.85 bits per heavy atom. The number of hydrogen-bond acceptors (Lipinski definition) is 8. The average Bonchev–Trinajstić information content (AvgIpc) is 3.24. The summed E-state index contributed by atoms with van der Waals surface area (Å²) in [5.74, 6) is 1.39. The van der Waals surface area contributed by atoms with Crippen molar-refractivity contribution in [2.24, 2.45) is 0 Å². The number of halogens is 1. The van der Waals surface area contributed by atoms with Gasteiger partial charge < -0.3 is 4.42 Å². The molecule has 0 N–H and O–H groups in total. The van der Waals surface area contributed by atoms with Crippen molar-refractivity contribution in [2.75, 3.05) is 0 Å². The minimum Gasteiger partial charge on any atom is -0.411 e. The molecule has 7 nitrogen and oxygen atoms in total. The minimum absolute atomic E-state index is 0.161. The molecule has 0 unspecified atom stereocenters. The molecule has 1 aliphatic carbocycles. The average molecular weight is 418 g/mol. The van der Waals surface area contributed by atoms with Crippen molar-refractivity contribution in [1.82, 2.24) is 24.8 Å². The molecular weight excluding hydrogens is 406 g/mol. The molecule has 1 aromatic carbocycles. The molecule has 0 atom stereocenters. The van der Waals surface area contributed by atoms with E-state index in [4.69, 9.17) is 16.0 Å². The maximum absolute atomic E-state index is 12.3. The summed E-state index contributed by atoms with van der Waals surface area (Å²) in [6, 6.07) is 8.69. The molecule has 4 aromatic rings. The van der Waals surface area contributed by atoms with Gasteiger partial charge in [0.2, 0.25) is 10.9 Å². The van der Waals surface area contributed by atoms with Gasteiger partial charge in [0.25, 0.3) is 10.8 Å². The van der Waals surface area contributed by atoms with Gasteiger partial charge in [0.15, 0.2) is 0 Å². The monoisotopic (exact) mass is 417 g/mol. The molecule has 27 heavy (non-hydrogen) atoms. The molecule has 1 aliphatic rings. The Morgan fingerprint density at radius 1 is 1.26 bits per heavy atom. The number of rotatable bonds is 5. The van der Waals surface area contributed by atoms with E-state index in [1.807, 2.05) is 12.1 Å². The van der Waals surface area contributed by atoms with E-state index in [9.17, 15) is 4.79 Å². The lowest BCUT2D eigenvalue weighted by Gasteiger charge is -1.97. The molecule has 0 amide bonds. The summed E-state index contributed by atoms with van der Waals surface area (Å²) < 4.78 is 7.06. The van der Waals surface area contributed by atoms with Crippen LogP contribution in [0.5, 0.6) is 0 Å². The van der Waals surface area contributed by atoms with Gasteiger partial charge in [0, 0.05) is 28.3 Å². The summed E-state index contributed by atoms with van der Waals surface area (Å²) in [5, 5.41) is 14.5. The maximum atomic E-state index is 12.3. The smallest absolute Gasteiger partial charge is 0.277 e. The number of benzene rings is 1. The van der Waals surface area contributed by atoms with Crippen molar-refractivity contribution >= 4 is 39.7 Å². The lowest BCUT2D eigenvalue weighted by Crippen LogP contribution is -2.15. The Labute approximate surface area is 166 Å². The number of hydrogen-bond donors (Lipinski definition) is 0. The van der Waals surface area contributed by atoms with Crippen molar-refractivity contribution in [2.45, 2.75) is 29.7 Å². The topological polar surface area (TPSA) is 86.2 Å². The zero-order valence-electron chi connectivity index (χ0n) is 13.8. The van der Waals surface area contributed by atoms with Crippen LogP contribution in [0.3, 0.4) is 0 Å². The number of fused-ring (bicyclic) bond motifs is 1. The SMILES string of the molecule is O=c1cc(CSc2nnc(-c3ccc(Cl)cc3)o2)nc2sc(C3CC3)nn12. The first-order chi connectivity index (χ1) is 13.2. The van der Waals surface area contributed by atoms with Gasteiger partial charge in [-0.1, -0.05) is 34.7 Å². The van der Waals surface area contributed by atoms with Crippen LogP contribution in [-0.2, 0) is 5.75 Å². The van der Waals surface area contributed by atoms with Gasteiger partial charge in [-0.3, -0.25) is 4.79 Å². The predicted molar refractivity (Wildman–Crippen MR) is 103 cm³/mol. The molecule has 3 aromatic heterocycles. The van der Waals surface area contributed by atoms with E-state index in [1.54, 1.807) is 12.1 Å². The minimum atomic E-state index is -0.161. The van der Waals surface area contributed by atoms with Crippen LogP contribution in [0.4, 0.5) is 0 Å². The fourth-order valence-corrected chi connectivity index (χ4v) is 4.43. The van der Waals surface area contributed by atoms with E-state index in [0.717, 1.165) is 23.4 Å². The van der Waals surface area contributed by atoms with Crippen LogP contribution < -0.4 is 5.56 Å². The highest BCUT2D eigenvalue weighted by molar-refractivity contribution is 7.98. The molecular formula is C17H12ClN5O2S2. The summed E-state index contributed by atoms with van der Waals surface area (Å²) in [4.78, 5) is 17.5. The molecule has 10 heteroatoms. The van der Waals surface area contributed by atoms with Crippen molar-refractivity contribution < 1.29 is 4.42 Å². The lowest BCUT2D eigenvalue weighted by atomic mass is 10.2. The molecule has 0 bridgehead atoms. The van der Waals surface area contributed by atoms with Crippen LogP contribution in [0, 0.1) is 0 Å². The summed E-state index contributed by atoms with van der Waals surface area (Å²) in [5.41, 5.74) is 1.31. The fourth-order valence-electron chi connectivity index (χ4n) is 2.55. The van der Waals surface area contributed by atoms with Gasteiger partial charge in [-0.05, 0) is 37.1 Å². The summed E-state index contributed by atoms with van der Waals surface area (Å²) >= 11 is 8.72. The Morgan fingerprint density at radius 2 is 2.07 bits per heavy atom. The highest BCUT2D eigenvalue weighted by Crippen LogP contribution is 2.41. The molecule has 136 valence electrons. The third-order valence-electron chi connectivity index (χ3n) is 4.08. The van der Waals surface area contributed by atoms with Crippen molar-refractivity contribution in [1.29, 1.82) is 0 Å². The first-order valence-electron chi connectivity index (χ1n) is 8.28. The highest BCUT2D eigenvalue weighted by Gasteiger charge is 2.28. The van der Waals surface area contributed by atoms with Gasteiger partial charge in [-0.2, -0.15) is 9.61 Å². The van der Waals surface area contributed by atoms with Crippen LogP contribution >= 0.6 is 34.7 Å². The first kappa shape index (κ1) is 16.9. The van der Waals surface area contributed by atoms with Crippen LogP contribution in [0.25, 0.3) is 16.4 Å². The molecule has 0 spiro atoms. The van der Waals surface area contributed by atoms with E-state index >= 15 is 0 Å². The van der Waals surface area contributed by atoms with Crippen molar-refractivity contribution in [3.8, 4) is 11.5 Å².